The Morgan fingerprint density at radius 1 is 1.24 bits per heavy atom. The van der Waals surface area contributed by atoms with Gasteiger partial charge in [-0.25, -0.2) is 0 Å². The molecule has 1 aliphatic heterocycles. The van der Waals surface area contributed by atoms with Crippen molar-refractivity contribution in [3.63, 3.8) is 0 Å². The molecule has 2 aromatic rings. The summed E-state index contributed by atoms with van der Waals surface area (Å²) in [5, 5.41) is 11.0. The summed E-state index contributed by atoms with van der Waals surface area (Å²) in [5.41, 5.74) is 1.79. The molecule has 1 atom stereocenters. The molecule has 2 aromatic heterocycles. The molecular weight excluding hydrogens is 368 g/mol. The van der Waals surface area contributed by atoms with Gasteiger partial charge >= 0.3 is 0 Å². The van der Waals surface area contributed by atoms with Crippen LogP contribution in [0.3, 0.4) is 0 Å². The molecule has 0 spiro atoms. The Morgan fingerprint density at radius 3 is 2.90 bits per heavy atom. The highest BCUT2D eigenvalue weighted by Gasteiger charge is 2.28. The third-order valence-electron chi connectivity index (χ3n) is 5.84. The minimum Gasteiger partial charge on any atom is -0.350 e. The second kappa shape index (κ2) is 8.71. The Labute approximate surface area is 170 Å². The summed E-state index contributed by atoms with van der Waals surface area (Å²) in [5.74, 6) is 0.524. The minimum atomic E-state index is -0.162. The molecular formula is C21H28N6O2. The summed E-state index contributed by atoms with van der Waals surface area (Å²) in [7, 11) is 0. The van der Waals surface area contributed by atoms with Crippen molar-refractivity contribution >= 4 is 11.8 Å². The molecule has 0 bridgehead atoms. The Balaban J connectivity index is 1.35. The van der Waals surface area contributed by atoms with E-state index < -0.39 is 0 Å². The number of hydrogen-bond donors (Lipinski definition) is 1. The first-order chi connectivity index (χ1) is 14.1. The molecule has 2 aliphatic rings. The lowest BCUT2D eigenvalue weighted by Gasteiger charge is -2.36. The van der Waals surface area contributed by atoms with Gasteiger partial charge in [0.1, 0.15) is 0 Å². The number of hydrogen-bond acceptors (Lipinski definition) is 5. The van der Waals surface area contributed by atoms with Crippen LogP contribution in [0.1, 0.15) is 65.1 Å². The Kier molecular flexibility index (Phi) is 5.87. The van der Waals surface area contributed by atoms with E-state index in [2.05, 4.69) is 20.6 Å². The van der Waals surface area contributed by atoms with Crippen LogP contribution in [0.25, 0.3) is 0 Å². The van der Waals surface area contributed by atoms with E-state index >= 15 is 0 Å². The molecule has 1 N–H and O–H groups in total. The molecule has 0 radical (unpaired) electrons. The van der Waals surface area contributed by atoms with Gasteiger partial charge in [0.05, 0.1) is 11.8 Å². The molecule has 1 unspecified atom stereocenters. The van der Waals surface area contributed by atoms with Crippen molar-refractivity contribution in [2.45, 2.75) is 58.0 Å². The summed E-state index contributed by atoms with van der Waals surface area (Å²) in [6.45, 7) is 3.99. The van der Waals surface area contributed by atoms with Crippen molar-refractivity contribution in [1.29, 1.82) is 0 Å². The highest BCUT2D eigenvalue weighted by Crippen LogP contribution is 2.27. The number of pyridine rings is 1. The van der Waals surface area contributed by atoms with Crippen molar-refractivity contribution in [2.75, 3.05) is 13.1 Å². The molecule has 3 heterocycles. The monoisotopic (exact) mass is 396 g/mol. The zero-order chi connectivity index (χ0) is 20.2. The number of aromatic nitrogens is 4. The molecule has 8 nitrogen and oxygen atoms in total. The summed E-state index contributed by atoms with van der Waals surface area (Å²) < 4.78 is 1.71. The first-order valence-corrected chi connectivity index (χ1v) is 10.5. The van der Waals surface area contributed by atoms with Gasteiger partial charge in [-0.2, -0.15) is 0 Å². The fraction of sp³-hybridized carbons (Fsp3) is 0.571. The molecule has 29 heavy (non-hydrogen) atoms. The number of nitrogens with one attached hydrogen (secondary N) is 1. The summed E-state index contributed by atoms with van der Waals surface area (Å²) in [4.78, 5) is 31.4. The normalized spacial score (nSPS) is 19.2. The van der Waals surface area contributed by atoms with Crippen molar-refractivity contribution in [3.05, 3.63) is 41.5 Å². The van der Waals surface area contributed by atoms with E-state index in [1.54, 1.807) is 17.1 Å². The molecule has 2 amide bonds. The van der Waals surface area contributed by atoms with E-state index in [9.17, 15) is 9.59 Å². The first kappa shape index (κ1) is 19.5. The number of piperidine rings is 1. The van der Waals surface area contributed by atoms with Crippen LogP contribution < -0.4 is 5.32 Å². The predicted molar refractivity (Wildman–Crippen MR) is 107 cm³/mol. The van der Waals surface area contributed by atoms with Crippen LogP contribution >= 0.6 is 0 Å². The lowest BCUT2D eigenvalue weighted by molar-refractivity contribution is 0.0592. The van der Waals surface area contributed by atoms with E-state index in [1.165, 1.54) is 12.8 Å². The average molecular weight is 396 g/mol. The van der Waals surface area contributed by atoms with E-state index in [4.69, 9.17) is 0 Å². The van der Waals surface area contributed by atoms with Gasteiger partial charge in [0.2, 0.25) is 0 Å². The van der Waals surface area contributed by atoms with E-state index in [1.807, 2.05) is 24.0 Å². The zero-order valence-electron chi connectivity index (χ0n) is 16.9. The summed E-state index contributed by atoms with van der Waals surface area (Å²) in [6.07, 6.45) is 9.71. The number of rotatable bonds is 7. The van der Waals surface area contributed by atoms with Gasteiger partial charge in [0, 0.05) is 37.6 Å². The maximum Gasteiger partial charge on any atom is 0.273 e. The second-order valence-corrected chi connectivity index (χ2v) is 8.09. The van der Waals surface area contributed by atoms with Gasteiger partial charge in [0.15, 0.2) is 5.69 Å². The number of amides is 2. The zero-order valence-corrected chi connectivity index (χ0v) is 16.9. The fourth-order valence-electron chi connectivity index (χ4n) is 3.88. The quantitative estimate of drug-likeness (QED) is 0.774. The molecule has 4 rings (SSSR count). The molecule has 8 heteroatoms. The summed E-state index contributed by atoms with van der Waals surface area (Å²) >= 11 is 0. The van der Waals surface area contributed by atoms with Crippen LogP contribution in [0, 0.1) is 12.8 Å². The van der Waals surface area contributed by atoms with Crippen LogP contribution in [0.2, 0.25) is 0 Å². The number of likely N-dealkylation sites (tertiary alicyclic amines) is 1. The van der Waals surface area contributed by atoms with Crippen LogP contribution in [0.4, 0.5) is 0 Å². The maximum atomic E-state index is 13.1. The van der Waals surface area contributed by atoms with Crippen LogP contribution in [-0.4, -0.2) is 55.8 Å². The van der Waals surface area contributed by atoms with Gasteiger partial charge in [-0.05, 0) is 63.5 Å². The molecule has 154 valence electrons. The molecule has 1 aliphatic carbocycles. The van der Waals surface area contributed by atoms with Crippen molar-refractivity contribution in [2.24, 2.45) is 5.92 Å². The predicted octanol–water partition coefficient (Wildman–Crippen LogP) is 2.21. The average Bonchev–Trinajstić information content (AvgIpc) is 3.45. The Morgan fingerprint density at radius 2 is 2.10 bits per heavy atom. The summed E-state index contributed by atoms with van der Waals surface area (Å²) in [6, 6.07) is 3.82. The highest BCUT2D eigenvalue weighted by atomic mass is 16.2. The van der Waals surface area contributed by atoms with Gasteiger partial charge < -0.3 is 10.2 Å². The molecule has 2 fully saturated rings. The smallest absolute Gasteiger partial charge is 0.273 e. The van der Waals surface area contributed by atoms with Crippen LogP contribution in [0.15, 0.2) is 24.5 Å². The standard InChI is InChI=1S/C21H28N6O2/c1-15-18(6-4-10-22-15)21(29)27-11-3-2-5-17(27)9-12-26-14-19(24-25-26)20(28)23-13-16-7-8-16/h4,6,10,14,16-17H,2-3,5,7-9,11-13H2,1H3,(H,23,28). The van der Waals surface area contributed by atoms with Gasteiger partial charge in [-0.15, -0.1) is 5.10 Å². The lowest BCUT2D eigenvalue weighted by Crippen LogP contribution is -2.44. The van der Waals surface area contributed by atoms with Gasteiger partial charge in [0.25, 0.3) is 11.8 Å². The van der Waals surface area contributed by atoms with E-state index in [0.29, 0.717) is 23.7 Å². The Hall–Kier alpha value is -2.77. The third kappa shape index (κ3) is 4.81. The van der Waals surface area contributed by atoms with Crippen molar-refractivity contribution < 1.29 is 9.59 Å². The fourth-order valence-corrected chi connectivity index (χ4v) is 3.88. The van der Waals surface area contributed by atoms with Crippen LogP contribution in [-0.2, 0) is 6.54 Å². The highest BCUT2D eigenvalue weighted by molar-refractivity contribution is 5.95. The maximum absolute atomic E-state index is 13.1. The van der Waals surface area contributed by atoms with Gasteiger partial charge in [-0.3, -0.25) is 19.3 Å². The number of carbonyl (C=O) groups is 2. The second-order valence-electron chi connectivity index (χ2n) is 8.09. The van der Waals surface area contributed by atoms with Crippen molar-refractivity contribution in [1.82, 2.24) is 30.2 Å². The molecule has 1 saturated carbocycles. The van der Waals surface area contributed by atoms with E-state index in [0.717, 1.165) is 44.5 Å². The van der Waals surface area contributed by atoms with Gasteiger partial charge in [-0.1, -0.05) is 5.21 Å². The molecule has 0 aromatic carbocycles. The topological polar surface area (TPSA) is 93.0 Å². The van der Waals surface area contributed by atoms with Crippen molar-refractivity contribution in [3.8, 4) is 0 Å². The van der Waals surface area contributed by atoms with Crippen LogP contribution in [0.5, 0.6) is 0 Å². The lowest BCUT2D eigenvalue weighted by atomic mass is 9.98. The molecule has 1 saturated heterocycles. The number of aryl methyl sites for hydroxylation is 2. The van der Waals surface area contributed by atoms with E-state index in [-0.39, 0.29) is 17.9 Å². The Bertz CT molecular complexity index is 876. The minimum absolute atomic E-state index is 0.0547. The first-order valence-electron chi connectivity index (χ1n) is 10.5. The number of nitrogens with zero attached hydrogens (tertiary/aromatic N) is 5. The number of carbonyl (C=O) groups excluding carboxylic acids is 2. The third-order valence-corrected chi connectivity index (χ3v) is 5.84. The largest absolute Gasteiger partial charge is 0.350 e. The SMILES string of the molecule is Cc1ncccc1C(=O)N1CCCCC1CCn1cc(C(=O)NCC2CC2)nn1.